The van der Waals surface area contributed by atoms with Crippen LogP contribution < -0.4 is 4.74 Å². The van der Waals surface area contributed by atoms with E-state index in [1.165, 1.54) is 43.2 Å². The van der Waals surface area contributed by atoms with Gasteiger partial charge in [-0.3, -0.25) is 4.79 Å². The Bertz CT molecular complexity index is 908. The summed E-state index contributed by atoms with van der Waals surface area (Å²) in [7, 11) is 0. The lowest BCUT2D eigenvalue weighted by Gasteiger charge is -2.41. The number of hydrogen-bond acceptors (Lipinski definition) is 5. The van der Waals surface area contributed by atoms with Gasteiger partial charge in [-0.2, -0.15) is 0 Å². The molecule has 7 heteroatoms. The number of ether oxygens (including phenoxy) is 1. The van der Waals surface area contributed by atoms with Gasteiger partial charge in [-0.15, -0.1) is 5.10 Å². The summed E-state index contributed by atoms with van der Waals surface area (Å²) in [6, 6.07) is 8.53. The molecule has 168 valence electrons. The quantitative estimate of drug-likeness (QED) is 0.522. The molecule has 0 spiro atoms. The van der Waals surface area contributed by atoms with Crippen LogP contribution >= 0.6 is 12.2 Å². The molecule has 0 radical (unpaired) electrons. The summed E-state index contributed by atoms with van der Waals surface area (Å²) < 4.78 is 12.9. The van der Waals surface area contributed by atoms with E-state index in [9.17, 15) is 4.79 Å². The minimum Gasteiger partial charge on any atom is -0.484 e. The number of carbonyl (C=O) groups is 1. The lowest BCUT2D eigenvalue weighted by Crippen LogP contribution is -2.50. The van der Waals surface area contributed by atoms with Crippen molar-refractivity contribution in [2.45, 2.75) is 96.4 Å². The Morgan fingerprint density at radius 2 is 1.77 bits per heavy atom. The van der Waals surface area contributed by atoms with Gasteiger partial charge in [0.25, 0.3) is 10.7 Å². The lowest BCUT2D eigenvalue weighted by atomic mass is 9.88. The highest BCUT2D eigenvalue weighted by atomic mass is 32.1. The van der Waals surface area contributed by atoms with Gasteiger partial charge < -0.3 is 14.1 Å². The Hall–Kier alpha value is -2.15. The second-order valence-electron chi connectivity index (χ2n) is 8.91. The van der Waals surface area contributed by atoms with Gasteiger partial charge in [0.05, 0.1) is 0 Å². The Kier molecular flexibility index (Phi) is 7.43. The number of nitrogens with zero attached hydrogens (tertiary/aromatic N) is 3. The van der Waals surface area contributed by atoms with Crippen molar-refractivity contribution >= 4 is 18.1 Å². The summed E-state index contributed by atoms with van der Waals surface area (Å²) in [5.74, 6) is 1.27. The highest BCUT2D eigenvalue weighted by molar-refractivity contribution is 7.71. The van der Waals surface area contributed by atoms with Crippen LogP contribution in [0.25, 0.3) is 0 Å². The summed E-state index contributed by atoms with van der Waals surface area (Å²) in [5, 5.41) is 4.43. The molecule has 4 rings (SSSR count). The molecule has 1 aromatic carbocycles. The molecule has 0 N–H and O–H groups in total. The molecule has 6 nitrogen and oxygen atoms in total. The molecule has 2 saturated carbocycles. The Morgan fingerprint density at radius 3 is 2.39 bits per heavy atom. The molecular formula is C24H33N3O3S. The number of aryl methyl sites for hydroxylation is 1. The second kappa shape index (κ2) is 10.4. The second-order valence-corrected chi connectivity index (χ2v) is 9.26. The highest BCUT2D eigenvalue weighted by Crippen LogP contribution is 2.30. The topological polar surface area (TPSA) is 60.5 Å². The van der Waals surface area contributed by atoms with Crippen LogP contribution in [0.15, 0.2) is 28.7 Å². The number of rotatable bonds is 7. The van der Waals surface area contributed by atoms with Crippen LogP contribution in [-0.4, -0.2) is 32.7 Å². The van der Waals surface area contributed by atoms with E-state index in [1.54, 1.807) is 0 Å². The van der Waals surface area contributed by atoms with E-state index in [-0.39, 0.29) is 23.9 Å². The third-order valence-corrected chi connectivity index (χ3v) is 6.80. The Morgan fingerprint density at radius 1 is 1.13 bits per heavy atom. The fourth-order valence-corrected chi connectivity index (χ4v) is 5.19. The van der Waals surface area contributed by atoms with E-state index < -0.39 is 0 Å². The summed E-state index contributed by atoms with van der Waals surface area (Å²) in [6.07, 6.45) is 11.9. The van der Waals surface area contributed by atoms with Crippen LogP contribution in [0.5, 0.6) is 5.75 Å². The van der Waals surface area contributed by atoms with Gasteiger partial charge in [-0.1, -0.05) is 50.7 Å². The summed E-state index contributed by atoms with van der Waals surface area (Å²) >= 11 is 5.35. The fourth-order valence-electron chi connectivity index (χ4n) is 4.99. The van der Waals surface area contributed by atoms with Crippen LogP contribution in [0.3, 0.4) is 0 Å². The van der Waals surface area contributed by atoms with Crippen LogP contribution in [-0.2, 0) is 17.9 Å². The van der Waals surface area contributed by atoms with Crippen LogP contribution in [0.2, 0.25) is 0 Å². The Labute approximate surface area is 189 Å². The van der Waals surface area contributed by atoms with E-state index in [4.69, 9.17) is 21.4 Å². The van der Waals surface area contributed by atoms with Crippen LogP contribution in [0.4, 0.5) is 0 Å². The number of amides is 1. The summed E-state index contributed by atoms with van der Waals surface area (Å²) in [6.45, 7) is 2.34. The van der Waals surface area contributed by atoms with Gasteiger partial charge in [-0.05, 0) is 62.5 Å². The molecule has 2 fully saturated rings. The molecule has 31 heavy (non-hydrogen) atoms. The largest absolute Gasteiger partial charge is 0.484 e. The van der Waals surface area contributed by atoms with E-state index in [0.29, 0.717) is 18.0 Å². The van der Waals surface area contributed by atoms with Gasteiger partial charge in [-0.25, -0.2) is 4.68 Å². The van der Waals surface area contributed by atoms with E-state index >= 15 is 0 Å². The number of aromatic nitrogens is 2. The van der Waals surface area contributed by atoms with Crippen molar-refractivity contribution in [2.24, 2.45) is 0 Å². The molecule has 1 amide bonds. The molecule has 0 bridgehead atoms. The third-order valence-electron chi connectivity index (χ3n) is 6.51. The third kappa shape index (κ3) is 5.76. The maximum atomic E-state index is 13.4. The zero-order valence-corrected chi connectivity index (χ0v) is 19.2. The van der Waals surface area contributed by atoms with Crippen molar-refractivity contribution in [1.29, 1.82) is 0 Å². The minimum atomic E-state index is 0.120. The first kappa shape index (κ1) is 22.1. The molecule has 0 aliphatic heterocycles. The van der Waals surface area contributed by atoms with Crippen molar-refractivity contribution in [2.75, 3.05) is 0 Å². The van der Waals surface area contributed by atoms with E-state index in [1.807, 2.05) is 31.2 Å². The first-order chi connectivity index (χ1) is 15.1. The zero-order chi connectivity index (χ0) is 21.6. The van der Waals surface area contributed by atoms with E-state index in [2.05, 4.69) is 10.00 Å². The average molecular weight is 444 g/mol. The van der Waals surface area contributed by atoms with Crippen molar-refractivity contribution in [3.8, 4) is 5.75 Å². The molecular weight excluding hydrogens is 410 g/mol. The number of carbonyl (C=O) groups excluding carboxylic acids is 1. The van der Waals surface area contributed by atoms with Gasteiger partial charge in [0.1, 0.15) is 12.3 Å². The van der Waals surface area contributed by atoms with Gasteiger partial charge in [0, 0.05) is 12.1 Å². The SMILES string of the molecule is Cc1cccc(OCc2nn(CC(=O)N(C3CCCCC3)C3CCCCC3)c(=S)o2)c1. The normalized spacial score (nSPS) is 18.1. The Balaban J connectivity index is 1.43. The van der Waals surface area contributed by atoms with Gasteiger partial charge >= 0.3 is 0 Å². The van der Waals surface area contributed by atoms with Crippen molar-refractivity contribution in [3.63, 3.8) is 0 Å². The lowest BCUT2D eigenvalue weighted by molar-refractivity contribution is -0.139. The summed E-state index contributed by atoms with van der Waals surface area (Å²) in [5.41, 5.74) is 1.13. The predicted molar refractivity (Wildman–Crippen MR) is 121 cm³/mol. The molecule has 0 unspecified atom stereocenters. The standard InChI is InChI=1S/C24H33N3O3S/c1-18-9-8-14-21(15-18)29-17-22-25-26(24(31)30-22)16-23(28)27(19-10-4-2-5-11-19)20-12-6-3-7-13-20/h8-9,14-15,19-20H,2-7,10-13,16-17H2,1H3. The molecule has 0 saturated heterocycles. The monoisotopic (exact) mass is 443 g/mol. The van der Waals surface area contributed by atoms with Crippen molar-refractivity contribution in [1.82, 2.24) is 14.7 Å². The first-order valence-corrected chi connectivity index (χ1v) is 12.1. The molecule has 2 aromatic rings. The van der Waals surface area contributed by atoms with Crippen LogP contribution in [0, 0.1) is 11.8 Å². The van der Waals surface area contributed by atoms with Gasteiger partial charge in [0.2, 0.25) is 5.91 Å². The van der Waals surface area contributed by atoms with Crippen molar-refractivity contribution < 1.29 is 13.9 Å². The molecule has 1 heterocycles. The molecule has 2 aliphatic carbocycles. The smallest absolute Gasteiger partial charge is 0.287 e. The fraction of sp³-hybridized carbons (Fsp3) is 0.625. The first-order valence-electron chi connectivity index (χ1n) is 11.7. The van der Waals surface area contributed by atoms with Gasteiger partial charge in [0.15, 0.2) is 6.61 Å². The molecule has 1 aromatic heterocycles. The van der Waals surface area contributed by atoms with Crippen molar-refractivity contribution in [3.05, 3.63) is 40.6 Å². The summed E-state index contributed by atoms with van der Waals surface area (Å²) in [4.78, 5) is 15.9. The minimum absolute atomic E-state index is 0.120. The number of benzene rings is 1. The maximum Gasteiger partial charge on any atom is 0.287 e. The average Bonchev–Trinajstić information content (AvgIpc) is 3.13. The predicted octanol–water partition coefficient (Wildman–Crippen LogP) is 5.59. The molecule has 2 aliphatic rings. The zero-order valence-electron chi connectivity index (χ0n) is 18.4. The highest BCUT2D eigenvalue weighted by Gasteiger charge is 2.32. The maximum absolute atomic E-state index is 13.4. The molecule has 0 atom stereocenters. The number of hydrogen-bond donors (Lipinski definition) is 0. The van der Waals surface area contributed by atoms with Crippen LogP contribution in [0.1, 0.15) is 75.7 Å². The van der Waals surface area contributed by atoms with E-state index in [0.717, 1.165) is 37.0 Å².